The van der Waals surface area contributed by atoms with E-state index in [9.17, 15) is 13.2 Å². The number of carbonyl (C=O) groups excluding carboxylic acids is 1. The Kier molecular flexibility index (Phi) is 6.26. The number of aryl methyl sites for hydroxylation is 1. The first-order valence-corrected chi connectivity index (χ1v) is 10.4. The molecule has 0 atom stereocenters. The van der Waals surface area contributed by atoms with Crippen molar-refractivity contribution in [3.8, 4) is 0 Å². The predicted octanol–water partition coefficient (Wildman–Crippen LogP) is 2.04. The van der Waals surface area contributed by atoms with Crippen molar-refractivity contribution in [2.45, 2.75) is 18.4 Å². The number of hydrogen-bond acceptors (Lipinski definition) is 4. The smallest absolute Gasteiger partial charge is 0.243 e. The van der Waals surface area contributed by atoms with E-state index in [1.165, 1.54) is 4.31 Å². The largest absolute Gasteiger partial charge is 0.378 e. The van der Waals surface area contributed by atoms with E-state index < -0.39 is 10.0 Å². The third-order valence-corrected chi connectivity index (χ3v) is 6.34. The molecule has 3 rings (SSSR count). The number of morpholine rings is 1. The van der Waals surface area contributed by atoms with Gasteiger partial charge in [-0.1, -0.05) is 48.0 Å². The molecule has 27 heavy (non-hydrogen) atoms. The van der Waals surface area contributed by atoms with E-state index in [2.05, 4.69) is 0 Å². The number of amides is 1. The van der Waals surface area contributed by atoms with Gasteiger partial charge in [-0.2, -0.15) is 4.31 Å². The van der Waals surface area contributed by atoms with Crippen LogP contribution in [0.4, 0.5) is 0 Å². The third kappa shape index (κ3) is 4.94. The first kappa shape index (κ1) is 19.5. The van der Waals surface area contributed by atoms with E-state index in [1.54, 1.807) is 35.2 Å². The van der Waals surface area contributed by atoms with Gasteiger partial charge in [0.2, 0.25) is 15.9 Å². The lowest BCUT2D eigenvalue weighted by molar-refractivity contribution is -0.135. The Hall–Kier alpha value is -2.22. The average molecular weight is 388 g/mol. The number of hydrogen-bond donors (Lipinski definition) is 0. The quantitative estimate of drug-likeness (QED) is 0.760. The van der Waals surface area contributed by atoms with Gasteiger partial charge in [0, 0.05) is 19.6 Å². The van der Waals surface area contributed by atoms with Gasteiger partial charge in [0.1, 0.15) is 0 Å². The van der Waals surface area contributed by atoms with Crippen LogP contribution >= 0.6 is 0 Å². The molecule has 0 aromatic heterocycles. The van der Waals surface area contributed by atoms with Crippen LogP contribution in [-0.4, -0.2) is 56.4 Å². The minimum Gasteiger partial charge on any atom is -0.378 e. The van der Waals surface area contributed by atoms with Crippen LogP contribution < -0.4 is 0 Å². The summed E-state index contributed by atoms with van der Waals surface area (Å²) in [6.07, 6.45) is 0. The van der Waals surface area contributed by atoms with Crippen LogP contribution in [0.25, 0.3) is 0 Å². The van der Waals surface area contributed by atoms with Crippen molar-refractivity contribution in [2.24, 2.45) is 0 Å². The van der Waals surface area contributed by atoms with E-state index in [0.717, 1.165) is 11.1 Å². The first-order chi connectivity index (χ1) is 13.0. The zero-order valence-corrected chi connectivity index (χ0v) is 16.2. The number of benzene rings is 2. The normalized spacial score (nSPS) is 15.1. The van der Waals surface area contributed by atoms with E-state index in [0.29, 0.717) is 26.3 Å². The van der Waals surface area contributed by atoms with E-state index in [4.69, 9.17) is 4.74 Å². The SMILES string of the molecule is Cc1ccc(CN(CC(=O)N2CCOCC2)S(=O)(=O)c2ccccc2)cc1. The minimum absolute atomic E-state index is 0.146. The molecule has 1 amide bonds. The van der Waals surface area contributed by atoms with Gasteiger partial charge in [0.15, 0.2) is 0 Å². The van der Waals surface area contributed by atoms with Crippen molar-refractivity contribution in [3.05, 3.63) is 65.7 Å². The second-order valence-corrected chi connectivity index (χ2v) is 8.50. The summed E-state index contributed by atoms with van der Waals surface area (Å²) >= 11 is 0. The molecule has 1 saturated heterocycles. The molecule has 6 nitrogen and oxygen atoms in total. The zero-order valence-electron chi connectivity index (χ0n) is 15.4. The molecule has 0 spiro atoms. The fourth-order valence-corrected chi connectivity index (χ4v) is 4.33. The Balaban J connectivity index is 1.85. The summed E-state index contributed by atoms with van der Waals surface area (Å²) in [5.41, 5.74) is 1.94. The number of rotatable bonds is 6. The Bertz CT molecular complexity index is 861. The molecular formula is C20H24N2O4S. The lowest BCUT2D eigenvalue weighted by Gasteiger charge is -2.29. The highest BCUT2D eigenvalue weighted by Gasteiger charge is 2.29. The molecule has 0 aliphatic carbocycles. The molecule has 144 valence electrons. The van der Waals surface area contributed by atoms with Gasteiger partial charge < -0.3 is 9.64 Å². The molecule has 2 aromatic carbocycles. The zero-order chi connectivity index (χ0) is 19.3. The maximum Gasteiger partial charge on any atom is 0.243 e. The van der Waals surface area contributed by atoms with E-state index >= 15 is 0 Å². The fourth-order valence-electron chi connectivity index (χ4n) is 2.93. The van der Waals surface area contributed by atoms with Crippen LogP contribution in [0.2, 0.25) is 0 Å². The van der Waals surface area contributed by atoms with Gasteiger partial charge >= 0.3 is 0 Å². The maximum absolute atomic E-state index is 13.2. The summed E-state index contributed by atoms with van der Waals surface area (Å²) in [5.74, 6) is -0.204. The van der Waals surface area contributed by atoms with Crippen molar-refractivity contribution >= 4 is 15.9 Å². The molecule has 0 N–H and O–H groups in total. The molecule has 1 heterocycles. The Labute approximate surface area is 160 Å². The average Bonchev–Trinajstić information content (AvgIpc) is 2.70. The second-order valence-electron chi connectivity index (χ2n) is 6.56. The van der Waals surface area contributed by atoms with Crippen molar-refractivity contribution in [1.29, 1.82) is 0 Å². The van der Waals surface area contributed by atoms with Crippen molar-refractivity contribution in [3.63, 3.8) is 0 Å². The van der Waals surface area contributed by atoms with Crippen LogP contribution in [0.1, 0.15) is 11.1 Å². The summed E-state index contributed by atoms with van der Waals surface area (Å²) in [4.78, 5) is 14.5. The van der Waals surface area contributed by atoms with Crippen LogP contribution in [0.3, 0.4) is 0 Å². The lowest BCUT2D eigenvalue weighted by atomic mass is 10.1. The number of carbonyl (C=O) groups is 1. The summed E-state index contributed by atoms with van der Waals surface area (Å²) in [6.45, 7) is 3.87. The first-order valence-electron chi connectivity index (χ1n) is 8.93. The van der Waals surface area contributed by atoms with Crippen LogP contribution in [0.5, 0.6) is 0 Å². The molecule has 1 fully saturated rings. The summed E-state index contributed by atoms with van der Waals surface area (Å²) in [5, 5.41) is 0. The summed E-state index contributed by atoms with van der Waals surface area (Å²) in [7, 11) is -3.79. The molecule has 0 unspecified atom stereocenters. The van der Waals surface area contributed by atoms with Gasteiger partial charge in [-0.3, -0.25) is 4.79 Å². The highest BCUT2D eigenvalue weighted by Crippen LogP contribution is 2.19. The Morgan fingerprint density at radius 1 is 1.04 bits per heavy atom. The molecule has 0 saturated carbocycles. The summed E-state index contributed by atoms with van der Waals surface area (Å²) in [6, 6.07) is 15.9. The Morgan fingerprint density at radius 2 is 1.67 bits per heavy atom. The molecule has 0 bridgehead atoms. The standard InChI is InChI=1S/C20H24N2O4S/c1-17-7-9-18(10-8-17)15-22(16-20(23)21-11-13-26-14-12-21)27(24,25)19-5-3-2-4-6-19/h2-10H,11-16H2,1H3. The van der Waals surface area contributed by atoms with Gasteiger partial charge in [0.05, 0.1) is 24.7 Å². The van der Waals surface area contributed by atoms with Crippen molar-refractivity contribution in [1.82, 2.24) is 9.21 Å². The Morgan fingerprint density at radius 3 is 2.30 bits per heavy atom. The van der Waals surface area contributed by atoms with Gasteiger partial charge in [-0.25, -0.2) is 8.42 Å². The highest BCUT2D eigenvalue weighted by molar-refractivity contribution is 7.89. The summed E-state index contributed by atoms with van der Waals surface area (Å²) < 4.78 is 32.8. The van der Waals surface area contributed by atoms with Gasteiger partial charge in [-0.15, -0.1) is 0 Å². The molecule has 0 radical (unpaired) electrons. The number of sulfonamides is 1. The molecular weight excluding hydrogens is 364 g/mol. The topological polar surface area (TPSA) is 66.9 Å². The minimum atomic E-state index is -3.79. The third-order valence-electron chi connectivity index (χ3n) is 4.54. The van der Waals surface area contributed by atoms with Gasteiger partial charge in [0.25, 0.3) is 0 Å². The highest BCUT2D eigenvalue weighted by atomic mass is 32.2. The van der Waals surface area contributed by atoms with E-state index in [-0.39, 0.29) is 23.9 Å². The predicted molar refractivity (Wildman–Crippen MR) is 103 cm³/mol. The van der Waals surface area contributed by atoms with Crippen LogP contribution in [0, 0.1) is 6.92 Å². The molecule has 2 aromatic rings. The second kappa shape index (κ2) is 8.65. The van der Waals surface area contributed by atoms with Crippen LogP contribution in [-0.2, 0) is 26.1 Å². The number of nitrogens with zero attached hydrogens (tertiary/aromatic N) is 2. The van der Waals surface area contributed by atoms with Crippen molar-refractivity contribution < 1.29 is 17.9 Å². The van der Waals surface area contributed by atoms with Crippen molar-refractivity contribution in [2.75, 3.05) is 32.8 Å². The fraction of sp³-hybridized carbons (Fsp3) is 0.350. The number of ether oxygens (including phenoxy) is 1. The lowest BCUT2D eigenvalue weighted by Crippen LogP contribution is -2.46. The van der Waals surface area contributed by atoms with Crippen LogP contribution in [0.15, 0.2) is 59.5 Å². The van der Waals surface area contributed by atoms with Gasteiger partial charge in [-0.05, 0) is 24.6 Å². The monoisotopic (exact) mass is 388 g/mol. The maximum atomic E-state index is 13.2. The molecule has 1 aliphatic rings. The van der Waals surface area contributed by atoms with E-state index in [1.807, 2.05) is 31.2 Å². The molecule has 1 aliphatic heterocycles. The molecule has 7 heteroatoms.